The van der Waals surface area contributed by atoms with Gasteiger partial charge in [0.15, 0.2) is 5.82 Å². The molecule has 2 saturated heterocycles. The molecule has 3 heterocycles. The van der Waals surface area contributed by atoms with Crippen LogP contribution in [0, 0.1) is 0 Å². The number of anilines is 1. The predicted molar refractivity (Wildman–Crippen MR) is 106 cm³/mol. The first-order valence-corrected chi connectivity index (χ1v) is 9.53. The van der Waals surface area contributed by atoms with Gasteiger partial charge in [-0.05, 0) is 37.7 Å². The molecule has 27 heavy (non-hydrogen) atoms. The molecule has 1 aromatic carbocycles. The summed E-state index contributed by atoms with van der Waals surface area (Å²) in [5.41, 5.74) is 8.28. The summed E-state index contributed by atoms with van der Waals surface area (Å²) in [6, 6.07) is 11.7. The molecule has 2 aliphatic heterocycles. The van der Waals surface area contributed by atoms with Gasteiger partial charge in [-0.1, -0.05) is 12.1 Å². The summed E-state index contributed by atoms with van der Waals surface area (Å²) in [5.74, 6) is 0.942. The van der Waals surface area contributed by atoms with Gasteiger partial charge < -0.3 is 20.4 Å². The van der Waals surface area contributed by atoms with E-state index in [1.54, 1.807) is 0 Å². The Bertz CT molecular complexity index is 800. The van der Waals surface area contributed by atoms with E-state index in [2.05, 4.69) is 27.0 Å². The Morgan fingerprint density at radius 1 is 1.07 bits per heavy atom. The van der Waals surface area contributed by atoms with Crippen LogP contribution in [0.15, 0.2) is 36.4 Å². The van der Waals surface area contributed by atoms with E-state index in [-0.39, 0.29) is 11.9 Å². The molecule has 142 valence electrons. The van der Waals surface area contributed by atoms with Crippen LogP contribution in [0.2, 0.25) is 0 Å². The van der Waals surface area contributed by atoms with Crippen LogP contribution < -0.4 is 10.6 Å². The van der Waals surface area contributed by atoms with Gasteiger partial charge in [-0.3, -0.25) is 4.79 Å². The minimum atomic E-state index is 0.0341. The fourth-order valence-corrected chi connectivity index (χ4v) is 3.65. The third-order valence-electron chi connectivity index (χ3n) is 5.39. The number of benzene rings is 1. The van der Waals surface area contributed by atoms with Crippen LogP contribution in [-0.2, 0) is 0 Å². The molecule has 0 spiro atoms. The van der Waals surface area contributed by atoms with Crippen LogP contribution >= 0.6 is 0 Å². The number of likely N-dealkylation sites (tertiary alicyclic amines) is 1. The Morgan fingerprint density at radius 2 is 1.89 bits per heavy atom. The highest BCUT2D eigenvalue weighted by molar-refractivity contribution is 5.95. The van der Waals surface area contributed by atoms with Crippen molar-refractivity contribution in [1.82, 2.24) is 20.0 Å². The second kappa shape index (κ2) is 7.62. The molecule has 2 fully saturated rings. The topological polar surface area (TPSA) is 78.6 Å². The monoisotopic (exact) mass is 366 g/mol. The maximum Gasteiger partial charge on any atom is 0.253 e. The van der Waals surface area contributed by atoms with Crippen molar-refractivity contribution < 1.29 is 4.79 Å². The number of nitrogens with zero attached hydrogens (tertiary/aromatic N) is 5. The zero-order valence-corrected chi connectivity index (χ0v) is 15.7. The smallest absolute Gasteiger partial charge is 0.253 e. The summed E-state index contributed by atoms with van der Waals surface area (Å²) in [4.78, 5) is 19.1. The lowest BCUT2D eigenvalue weighted by molar-refractivity contribution is 0.0791. The van der Waals surface area contributed by atoms with Crippen molar-refractivity contribution >= 4 is 11.7 Å². The number of likely N-dealkylation sites (N-methyl/N-ethyl adjacent to an activating group) is 1. The van der Waals surface area contributed by atoms with Gasteiger partial charge in [-0.25, -0.2) is 0 Å². The molecule has 0 unspecified atom stereocenters. The molecule has 2 aromatic rings. The van der Waals surface area contributed by atoms with E-state index in [0.717, 1.165) is 56.2 Å². The number of aromatic nitrogens is 2. The molecule has 1 atom stereocenters. The van der Waals surface area contributed by atoms with Crippen LogP contribution in [-0.4, -0.2) is 78.3 Å². The predicted octanol–water partition coefficient (Wildman–Crippen LogP) is 1.07. The molecule has 0 saturated carbocycles. The van der Waals surface area contributed by atoms with Crippen molar-refractivity contribution in [2.75, 3.05) is 51.2 Å². The van der Waals surface area contributed by atoms with E-state index >= 15 is 0 Å². The molecule has 0 radical (unpaired) electrons. The number of carbonyl (C=O) groups excluding carboxylic acids is 1. The first-order chi connectivity index (χ1) is 13.1. The molecule has 1 amide bonds. The average molecular weight is 366 g/mol. The Balaban J connectivity index is 1.49. The average Bonchev–Trinajstić information content (AvgIpc) is 3.14. The van der Waals surface area contributed by atoms with Gasteiger partial charge in [0.05, 0.1) is 5.69 Å². The van der Waals surface area contributed by atoms with Gasteiger partial charge >= 0.3 is 0 Å². The first kappa shape index (κ1) is 17.9. The summed E-state index contributed by atoms with van der Waals surface area (Å²) in [7, 11) is 2.14. The molecule has 2 N–H and O–H groups in total. The van der Waals surface area contributed by atoms with Crippen LogP contribution in [0.1, 0.15) is 16.8 Å². The lowest BCUT2D eigenvalue weighted by atomic mass is 10.1. The quantitative estimate of drug-likeness (QED) is 0.875. The van der Waals surface area contributed by atoms with Crippen molar-refractivity contribution in [2.45, 2.75) is 12.5 Å². The molecule has 0 bridgehead atoms. The molecular formula is C20H26N6O. The lowest BCUT2D eigenvalue weighted by Gasteiger charge is -2.32. The van der Waals surface area contributed by atoms with E-state index in [4.69, 9.17) is 5.73 Å². The van der Waals surface area contributed by atoms with E-state index < -0.39 is 0 Å². The minimum absolute atomic E-state index is 0.0341. The Hall–Kier alpha value is -2.51. The highest BCUT2D eigenvalue weighted by Crippen LogP contribution is 2.22. The summed E-state index contributed by atoms with van der Waals surface area (Å²) in [6.07, 6.45) is 0.866. The molecule has 7 nitrogen and oxygen atoms in total. The van der Waals surface area contributed by atoms with E-state index in [1.807, 2.05) is 41.3 Å². The highest BCUT2D eigenvalue weighted by atomic mass is 16.2. The third-order valence-corrected chi connectivity index (χ3v) is 5.39. The van der Waals surface area contributed by atoms with Gasteiger partial charge in [-0.2, -0.15) is 0 Å². The van der Waals surface area contributed by atoms with Crippen molar-refractivity contribution in [3.05, 3.63) is 42.0 Å². The van der Waals surface area contributed by atoms with E-state index in [0.29, 0.717) is 12.1 Å². The summed E-state index contributed by atoms with van der Waals surface area (Å²) < 4.78 is 0. The molecule has 0 aliphatic carbocycles. The SMILES string of the molecule is CN1CCN(c2ccc(-c3cccc(C(=O)N4CC[C@H](N)C4)c3)nn2)CC1. The van der Waals surface area contributed by atoms with Crippen molar-refractivity contribution in [3.63, 3.8) is 0 Å². The lowest BCUT2D eigenvalue weighted by Crippen LogP contribution is -2.44. The molecule has 7 heteroatoms. The molecule has 4 rings (SSSR count). The Morgan fingerprint density at radius 3 is 2.56 bits per heavy atom. The van der Waals surface area contributed by atoms with E-state index in [1.165, 1.54) is 0 Å². The largest absolute Gasteiger partial charge is 0.353 e. The second-order valence-corrected chi connectivity index (χ2v) is 7.45. The van der Waals surface area contributed by atoms with Crippen molar-refractivity contribution in [3.8, 4) is 11.3 Å². The summed E-state index contributed by atoms with van der Waals surface area (Å²) >= 11 is 0. The third kappa shape index (κ3) is 3.94. The van der Waals surface area contributed by atoms with Gasteiger partial charge in [0.25, 0.3) is 5.91 Å². The Labute approximate surface area is 159 Å². The van der Waals surface area contributed by atoms with Gasteiger partial charge in [0.2, 0.25) is 0 Å². The fourth-order valence-electron chi connectivity index (χ4n) is 3.65. The zero-order valence-electron chi connectivity index (χ0n) is 15.7. The number of rotatable bonds is 3. The van der Waals surface area contributed by atoms with Gasteiger partial charge in [-0.15, -0.1) is 10.2 Å². The Kier molecular flexibility index (Phi) is 5.05. The van der Waals surface area contributed by atoms with Crippen LogP contribution in [0.5, 0.6) is 0 Å². The van der Waals surface area contributed by atoms with E-state index in [9.17, 15) is 4.79 Å². The van der Waals surface area contributed by atoms with Crippen LogP contribution in [0.25, 0.3) is 11.3 Å². The normalized spacial score (nSPS) is 20.9. The van der Waals surface area contributed by atoms with Crippen LogP contribution in [0.3, 0.4) is 0 Å². The number of amides is 1. The molecular weight excluding hydrogens is 340 g/mol. The molecule has 2 aliphatic rings. The number of carbonyl (C=O) groups is 1. The molecule has 1 aromatic heterocycles. The zero-order chi connectivity index (χ0) is 18.8. The summed E-state index contributed by atoms with van der Waals surface area (Å²) in [5, 5.41) is 8.81. The van der Waals surface area contributed by atoms with Crippen molar-refractivity contribution in [2.24, 2.45) is 5.73 Å². The van der Waals surface area contributed by atoms with Gasteiger partial charge in [0.1, 0.15) is 0 Å². The highest BCUT2D eigenvalue weighted by Gasteiger charge is 2.24. The number of nitrogens with two attached hydrogens (primary N) is 1. The maximum absolute atomic E-state index is 12.7. The van der Waals surface area contributed by atoms with Gasteiger partial charge in [0, 0.05) is 56.4 Å². The fraction of sp³-hybridized carbons (Fsp3) is 0.450. The number of hydrogen-bond donors (Lipinski definition) is 1. The first-order valence-electron chi connectivity index (χ1n) is 9.53. The van der Waals surface area contributed by atoms with Crippen LogP contribution in [0.4, 0.5) is 5.82 Å². The van der Waals surface area contributed by atoms with Crippen molar-refractivity contribution in [1.29, 1.82) is 0 Å². The standard InChI is InChI=1S/C20H26N6O/c1-24-9-11-25(12-10-24)19-6-5-18(22-23-19)15-3-2-4-16(13-15)20(27)26-8-7-17(21)14-26/h2-6,13,17H,7-12,14,21H2,1H3/t17-/m0/s1. The summed E-state index contributed by atoms with van der Waals surface area (Å²) in [6.45, 7) is 5.35. The number of piperazine rings is 1. The minimum Gasteiger partial charge on any atom is -0.353 e. The second-order valence-electron chi connectivity index (χ2n) is 7.45. The number of hydrogen-bond acceptors (Lipinski definition) is 6. The maximum atomic E-state index is 12.7.